The van der Waals surface area contributed by atoms with Gasteiger partial charge in [-0.15, -0.1) is 16.8 Å². The highest BCUT2D eigenvalue weighted by molar-refractivity contribution is 9.10. The summed E-state index contributed by atoms with van der Waals surface area (Å²) in [5.74, 6) is -0.923. The minimum Gasteiger partial charge on any atom is -0.496 e. The van der Waals surface area contributed by atoms with E-state index < -0.39 is 17.5 Å². The van der Waals surface area contributed by atoms with Crippen LogP contribution in [-0.4, -0.2) is 33.5 Å². The van der Waals surface area contributed by atoms with Crippen LogP contribution in [0.15, 0.2) is 58.7 Å². The second kappa shape index (κ2) is 9.86. The van der Waals surface area contributed by atoms with Crippen molar-refractivity contribution in [2.75, 3.05) is 18.2 Å². The number of methoxy groups -OCH3 is 1. The summed E-state index contributed by atoms with van der Waals surface area (Å²) >= 11 is 4.18. The smallest absolute Gasteiger partial charge is 0.234 e. The number of aromatic nitrogens is 3. The van der Waals surface area contributed by atoms with Gasteiger partial charge in [-0.1, -0.05) is 30.0 Å². The number of carbonyl (C=O) groups is 1. The van der Waals surface area contributed by atoms with Gasteiger partial charge in [-0.2, -0.15) is 0 Å². The van der Waals surface area contributed by atoms with Crippen LogP contribution >= 0.6 is 27.7 Å². The third kappa shape index (κ3) is 4.88. The molecule has 1 N–H and O–H groups in total. The molecule has 0 radical (unpaired) electrons. The Balaban J connectivity index is 1.78. The molecule has 0 atom stereocenters. The Morgan fingerprint density at radius 3 is 2.80 bits per heavy atom. The van der Waals surface area contributed by atoms with Crippen molar-refractivity contribution in [1.82, 2.24) is 14.8 Å². The third-order valence-corrected chi connectivity index (χ3v) is 5.57. The van der Waals surface area contributed by atoms with Crippen LogP contribution in [0.2, 0.25) is 0 Å². The number of rotatable bonds is 8. The standard InChI is InChI=1S/C20H17BrF2N4O2S/c1-3-8-27-19(13-6-4-5-7-16(13)29-2)25-26-20(27)30-11-17(28)24-18-14(21)9-12(22)10-15(18)23/h3-7,9-10H,1,8,11H2,2H3,(H,24,28). The molecule has 1 aromatic heterocycles. The number of carbonyl (C=O) groups excluding carboxylic acids is 1. The van der Waals surface area contributed by atoms with E-state index in [-0.39, 0.29) is 15.9 Å². The molecule has 0 aliphatic carbocycles. The van der Waals surface area contributed by atoms with Crippen molar-refractivity contribution < 1.29 is 18.3 Å². The largest absolute Gasteiger partial charge is 0.496 e. The molecule has 0 saturated carbocycles. The molecule has 0 bridgehead atoms. The fraction of sp³-hybridized carbons (Fsp3) is 0.150. The summed E-state index contributed by atoms with van der Waals surface area (Å²) in [4.78, 5) is 12.3. The number of allylic oxidation sites excluding steroid dienone is 1. The number of halogens is 3. The number of benzene rings is 2. The van der Waals surface area contributed by atoms with Gasteiger partial charge >= 0.3 is 0 Å². The van der Waals surface area contributed by atoms with Crippen molar-refractivity contribution >= 4 is 39.3 Å². The van der Waals surface area contributed by atoms with E-state index in [4.69, 9.17) is 4.74 Å². The quantitative estimate of drug-likeness (QED) is 0.355. The second-order valence-electron chi connectivity index (χ2n) is 5.99. The van der Waals surface area contributed by atoms with Crippen LogP contribution in [0.3, 0.4) is 0 Å². The van der Waals surface area contributed by atoms with Crippen LogP contribution in [0, 0.1) is 11.6 Å². The first-order valence-electron chi connectivity index (χ1n) is 8.69. The number of ether oxygens (including phenoxy) is 1. The number of amides is 1. The average molecular weight is 495 g/mol. The first kappa shape index (κ1) is 22.0. The lowest BCUT2D eigenvalue weighted by molar-refractivity contribution is -0.113. The van der Waals surface area contributed by atoms with Gasteiger partial charge in [0.25, 0.3) is 0 Å². The monoisotopic (exact) mass is 494 g/mol. The van der Waals surface area contributed by atoms with Crippen LogP contribution in [0.5, 0.6) is 5.75 Å². The van der Waals surface area contributed by atoms with Crippen molar-refractivity contribution in [3.05, 3.63) is 65.2 Å². The van der Waals surface area contributed by atoms with Gasteiger partial charge in [0, 0.05) is 17.1 Å². The van der Waals surface area contributed by atoms with Crippen molar-refractivity contribution in [2.24, 2.45) is 0 Å². The van der Waals surface area contributed by atoms with E-state index in [0.717, 1.165) is 23.4 Å². The van der Waals surface area contributed by atoms with Gasteiger partial charge in [-0.05, 0) is 34.1 Å². The Labute approximate surface area is 184 Å². The number of nitrogens with one attached hydrogen (secondary N) is 1. The van der Waals surface area contributed by atoms with Gasteiger partial charge in [0.1, 0.15) is 11.6 Å². The molecule has 0 saturated heterocycles. The van der Waals surface area contributed by atoms with E-state index in [1.54, 1.807) is 17.8 Å². The Kier molecular flexibility index (Phi) is 7.22. The molecule has 1 amide bonds. The predicted octanol–water partition coefficient (Wildman–Crippen LogP) is 4.91. The fourth-order valence-electron chi connectivity index (χ4n) is 2.68. The van der Waals surface area contributed by atoms with Gasteiger partial charge in [0.2, 0.25) is 5.91 Å². The van der Waals surface area contributed by atoms with Crippen molar-refractivity contribution in [3.8, 4) is 17.1 Å². The SMILES string of the molecule is C=CCn1c(SCC(=O)Nc2c(F)cc(F)cc2Br)nnc1-c1ccccc1OC. The minimum absolute atomic E-state index is 0.0511. The Hall–Kier alpha value is -2.72. The van der Waals surface area contributed by atoms with Crippen molar-refractivity contribution in [3.63, 3.8) is 0 Å². The van der Waals surface area contributed by atoms with Gasteiger partial charge in [-0.3, -0.25) is 9.36 Å². The molecule has 6 nitrogen and oxygen atoms in total. The molecule has 0 aliphatic rings. The maximum absolute atomic E-state index is 13.9. The Bertz CT molecular complexity index is 1070. The normalized spacial score (nSPS) is 10.7. The van der Waals surface area contributed by atoms with E-state index in [1.807, 2.05) is 24.3 Å². The third-order valence-electron chi connectivity index (χ3n) is 3.98. The minimum atomic E-state index is -0.867. The van der Waals surface area contributed by atoms with Gasteiger partial charge in [0.05, 0.1) is 24.1 Å². The van der Waals surface area contributed by atoms with Crippen LogP contribution in [0.4, 0.5) is 14.5 Å². The molecule has 30 heavy (non-hydrogen) atoms. The number of hydrogen-bond donors (Lipinski definition) is 1. The van der Waals surface area contributed by atoms with Crippen LogP contribution in [-0.2, 0) is 11.3 Å². The highest BCUT2D eigenvalue weighted by Crippen LogP contribution is 2.31. The highest BCUT2D eigenvalue weighted by atomic mass is 79.9. The van der Waals surface area contributed by atoms with E-state index >= 15 is 0 Å². The molecule has 2 aromatic carbocycles. The Morgan fingerprint density at radius 2 is 2.10 bits per heavy atom. The lowest BCUT2D eigenvalue weighted by Crippen LogP contribution is -2.16. The maximum Gasteiger partial charge on any atom is 0.234 e. The predicted molar refractivity (Wildman–Crippen MR) is 116 cm³/mol. The summed E-state index contributed by atoms with van der Waals surface area (Å²) in [6.07, 6.45) is 1.69. The summed E-state index contributed by atoms with van der Waals surface area (Å²) < 4.78 is 34.4. The molecule has 1 heterocycles. The van der Waals surface area contributed by atoms with E-state index in [9.17, 15) is 13.6 Å². The number of nitrogens with zero attached hydrogens (tertiary/aromatic N) is 3. The lowest BCUT2D eigenvalue weighted by Gasteiger charge is -2.11. The number of para-hydroxylation sites is 1. The topological polar surface area (TPSA) is 69.0 Å². The average Bonchev–Trinajstić information content (AvgIpc) is 3.11. The summed E-state index contributed by atoms with van der Waals surface area (Å²) in [6.45, 7) is 4.18. The van der Waals surface area contributed by atoms with Gasteiger partial charge in [-0.25, -0.2) is 8.78 Å². The van der Waals surface area contributed by atoms with Gasteiger partial charge in [0.15, 0.2) is 16.8 Å². The van der Waals surface area contributed by atoms with E-state index in [1.165, 1.54) is 0 Å². The molecule has 0 fully saturated rings. The number of thioether (sulfide) groups is 1. The van der Waals surface area contributed by atoms with E-state index in [0.29, 0.717) is 29.3 Å². The zero-order valence-corrected chi connectivity index (χ0v) is 18.3. The Morgan fingerprint density at radius 1 is 1.33 bits per heavy atom. The molecule has 10 heteroatoms. The number of hydrogen-bond acceptors (Lipinski definition) is 5. The molecule has 156 valence electrons. The van der Waals surface area contributed by atoms with Crippen molar-refractivity contribution in [2.45, 2.75) is 11.7 Å². The molecular formula is C20H17BrF2N4O2S. The molecule has 0 spiro atoms. The summed E-state index contributed by atoms with van der Waals surface area (Å²) in [6, 6.07) is 9.17. The molecule has 3 aromatic rings. The number of anilines is 1. The van der Waals surface area contributed by atoms with Crippen LogP contribution in [0.1, 0.15) is 0 Å². The van der Waals surface area contributed by atoms with Crippen LogP contribution < -0.4 is 10.1 Å². The molecular weight excluding hydrogens is 478 g/mol. The molecule has 0 aliphatic heterocycles. The summed E-state index contributed by atoms with van der Waals surface area (Å²) in [5.41, 5.74) is 0.632. The zero-order chi connectivity index (χ0) is 21.7. The fourth-order valence-corrected chi connectivity index (χ4v) is 3.94. The van der Waals surface area contributed by atoms with Crippen molar-refractivity contribution in [1.29, 1.82) is 0 Å². The van der Waals surface area contributed by atoms with Gasteiger partial charge < -0.3 is 10.1 Å². The zero-order valence-electron chi connectivity index (χ0n) is 15.9. The molecule has 0 unspecified atom stereocenters. The maximum atomic E-state index is 13.9. The second-order valence-corrected chi connectivity index (χ2v) is 7.78. The van der Waals surface area contributed by atoms with E-state index in [2.05, 4.69) is 38.0 Å². The molecule has 3 rings (SSSR count). The first-order chi connectivity index (χ1) is 14.4. The lowest BCUT2D eigenvalue weighted by atomic mass is 10.2. The first-order valence-corrected chi connectivity index (χ1v) is 10.5. The van der Waals surface area contributed by atoms with Crippen LogP contribution in [0.25, 0.3) is 11.4 Å². The summed E-state index contributed by atoms with van der Waals surface area (Å²) in [7, 11) is 1.57. The highest BCUT2D eigenvalue weighted by Gasteiger charge is 2.18. The summed E-state index contributed by atoms with van der Waals surface area (Å²) in [5, 5.41) is 11.3.